The van der Waals surface area contributed by atoms with Crippen LogP contribution in [0.1, 0.15) is 39.5 Å². The van der Waals surface area contributed by atoms with Gasteiger partial charge in [0.25, 0.3) is 0 Å². The molecule has 2 nitrogen and oxygen atoms in total. The van der Waals surface area contributed by atoms with E-state index in [-0.39, 0.29) is 0 Å². The minimum atomic E-state index is -1.97. The molecule has 0 unspecified atom stereocenters. The van der Waals surface area contributed by atoms with E-state index in [1.54, 1.807) is 10.4 Å². The molecule has 0 spiro atoms. The Morgan fingerprint density at radius 1 is 0.421 bits per heavy atom. The van der Waals surface area contributed by atoms with Crippen molar-refractivity contribution < 1.29 is 0 Å². The van der Waals surface area contributed by atoms with Gasteiger partial charge in [0.2, 0.25) is 0 Å². The van der Waals surface area contributed by atoms with E-state index in [4.69, 9.17) is 0 Å². The molecule has 3 aliphatic heterocycles. The molecule has 8 aromatic rings. The molecular weight excluding hydrogens is 745 g/mol. The molecule has 0 atom stereocenters. The zero-order valence-corrected chi connectivity index (χ0v) is 35.1. The Labute approximate surface area is 345 Å². The molecule has 0 amide bonds. The first-order chi connectivity index (χ1) is 28.1. The zero-order chi connectivity index (χ0) is 38.1. The predicted molar refractivity (Wildman–Crippen MR) is 249 cm³/mol. The van der Waals surface area contributed by atoms with Gasteiger partial charge in [-0.2, -0.15) is 0 Å². The van der Waals surface area contributed by atoms with Crippen LogP contribution in [0.5, 0.6) is 0 Å². The van der Waals surface area contributed by atoms with Gasteiger partial charge in [-0.25, -0.2) is 0 Å². The average molecular weight is 789 g/mol. The van der Waals surface area contributed by atoms with Crippen molar-refractivity contribution in [3.05, 3.63) is 158 Å². The van der Waals surface area contributed by atoms with Gasteiger partial charge in [0.15, 0.2) is 0 Å². The Kier molecular flexibility index (Phi) is 8.61. The molecular formula is C52H44N2S2Si. The highest BCUT2D eigenvalue weighted by Crippen LogP contribution is 2.54. The molecule has 0 radical (unpaired) electrons. The summed E-state index contributed by atoms with van der Waals surface area (Å²) >= 11 is 3.79. The number of rotatable bonds is 8. The largest absolute Gasteiger partial charge is 0.308 e. The Morgan fingerprint density at radius 3 is 1.47 bits per heavy atom. The fourth-order valence-electron chi connectivity index (χ4n) is 9.91. The highest BCUT2D eigenvalue weighted by Gasteiger charge is 2.45. The third-order valence-corrected chi connectivity index (χ3v) is 20.1. The summed E-state index contributed by atoms with van der Waals surface area (Å²) in [6.07, 6.45) is 5.07. The van der Waals surface area contributed by atoms with Gasteiger partial charge in [0.1, 0.15) is 8.07 Å². The van der Waals surface area contributed by atoms with Crippen molar-refractivity contribution in [1.29, 1.82) is 0 Å². The number of nitrogens with zero attached hydrogens (tertiary/aromatic N) is 2. The average Bonchev–Trinajstić information content (AvgIpc) is 3.52. The molecule has 0 bridgehead atoms. The zero-order valence-electron chi connectivity index (χ0n) is 32.5. The lowest BCUT2D eigenvalue weighted by Gasteiger charge is -2.35. The minimum absolute atomic E-state index is 1.19. The third-order valence-electron chi connectivity index (χ3n) is 12.6. The number of para-hydroxylation sites is 3. The Bertz CT molecular complexity index is 2830. The van der Waals surface area contributed by atoms with Crippen molar-refractivity contribution in [3.8, 4) is 11.1 Å². The van der Waals surface area contributed by atoms with Gasteiger partial charge in [-0.3, -0.25) is 0 Å². The normalized spacial score (nSPS) is 14.5. The molecule has 0 aliphatic carbocycles. The molecule has 5 heteroatoms. The molecule has 0 N–H and O–H groups in total. The van der Waals surface area contributed by atoms with Crippen LogP contribution in [0.4, 0.5) is 34.1 Å². The van der Waals surface area contributed by atoms with Gasteiger partial charge in [0.05, 0.1) is 22.7 Å². The maximum Gasteiger partial charge on any atom is 0.119 e. The molecule has 0 saturated heterocycles. The van der Waals surface area contributed by atoms with Gasteiger partial charge >= 0.3 is 0 Å². The molecule has 57 heavy (non-hydrogen) atoms. The first kappa shape index (κ1) is 35.0. The van der Waals surface area contributed by atoms with E-state index >= 15 is 0 Å². The summed E-state index contributed by atoms with van der Waals surface area (Å²) < 4.78 is 0. The maximum atomic E-state index is 2.66. The molecule has 3 aliphatic rings. The Morgan fingerprint density at radius 2 is 0.912 bits per heavy atom. The van der Waals surface area contributed by atoms with Gasteiger partial charge in [-0.1, -0.05) is 148 Å². The molecule has 8 aromatic carbocycles. The van der Waals surface area contributed by atoms with Gasteiger partial charge < -0.3 is 9.80 Å². The lowest BCUT2D eigenvalue weighted by atomic mass is 9.99. The van der Waals surface area contributed by atoms with Crippen molar-refractivity contribution >= 4 is 97.6 Å². The number of hydrogen-bond donors (Lipinski definition) is 0. The number of hydrogen-bond acceptors (Lipinski definition) is 4. The Balaban J connectivity index is 1.04. The van der Waals surface area contributed by atoms with E-state index in [1.807, 2.05) is 23.5 Å². The third kappa shape index (κ3) is 5.54. The smallest absolute Gasteiger partial charge is 0.119 e. The van der Waals surface area contributed by atoms with Gasteiger partial charge in [-0.05, 0) is 128 Å². The first-order valence-electron chi connectivity index (χ1n) is 20.6. The number of unbranched alkanes of at least 4 members (excludes halogenated alkanes) is 2. The maximum absolute atomic E-state index is 2.66. The summed E-state index contributed by atoms with van der Waals surface area (Å²) in [6.45, 7) is 4.72. The van der Waals surface area contributed by atoms with Crippen LogP contribution in [0.2, 0.25) is 12.1 Å². The molecule has 11 rings (SSSR count). The summed E-state index contributed by atoms with van der Waals surface area (Å²) in [5.41, 5.74) is 10.5. The van der Waals surface area contributed by atoms with Gasteiger partial charge in [-0.15, -0.1) is 0 Å². The fraction of sp³-hybridized carbons (Fsp3) is 0.154. The summed E-state index contributed by atoms with van der Waals surface area (Å²) in [4.78, 5) is 10.2. The summed E-state index contributed by atoms with van der Waals surface area (Å²) in [7, 11) is -1.97. The SMILES string of the molecule is CCCC[Si]1(CCCC)c2ccccc2-c2cc3c(cc21)N(c1ccc2c(ccc4cc(N5c6ccccc6Sc6ccccc65)ccc42)c1)c1ccccc1S3. The fourth-order valence-corrected chi connectivity index (χ4v) is 17.9. The van der Waals surface area contributed by atoms with E-state index in [9.17, 15) is 0 Å². The van der Waals surface area contributed by atoms with E-state index < -0.39 is 8.07 Å². The van der Waals surface area contributed by atoms with Crippen molar-refractivity contribution in [3.63, 3.8) is 0 Å². The standard InChI is InChI=1S/C52H44N2S2Si/c1-3-5-29-57(30-6-4-2)51-22-14-7-15-41(51)42-33-50-46(34-52(42)57)54(45-18-10-13-21-49(45)56-50)38-26-28-40-36(32-38)24-23-35-31-37(25-27-39(35)40)53-43-16-8-11-19-47(43)55-48-20-12-9-17-44(48)53/h7-28,31-34H,3-6,29-30H2,1-2H3. The second-order valence-electron chi connectivity index (χ2n) is 15.9. The molecule has 0 fully saturated rings. The Hall–Kier alpha value is -5.20. The van der Waals surface area contributed by atoms with E-state index in [0.717, 1.165) is 0 Å². The van der Waals surface area contributed by atoms with Crippen molar-refractivity contribution in [1.82, 2.24) is 0 Å². The minimum Gasteiger partial charge on any atom is -0.308 e. The number of benzene rings is 8. The van der Waals surface area contributed by atoms with Crippen LogP contribution >= 0.6 is 23.5 Å². The quantitative estimate of drug-likeness (QED) is 0.112. The first-order valence-corrected chi connectivity index (χ1v) is 24.7. The highest BCUT2D eigenvalue weighted by atomic mass is 32.2. The van der Waals surface area contributed by atoms with Crippen LogP contribution in [0.25, 0.3) is 32.7 Å². The summed E-state index contributed by atoms with van der Waals surface area (Å²) in [5.74, 6) is 0. The number of fused-ring (bicyclic) bond motifs is 10. The van der Waals surface area contributed by atoms with Crippen LogP contribution < -0.4 is 20.2 Å². The molecule has 0 aromatic heterocycles. The molecule has 3 heterocycles. The summed E-state index contributed by atoms with van der Waals surface area (Å²) in [5, 5.41) is 8.41. The topological polar surface area (TPSA) is 6.48 Å². The second kappa shape index (κ2) is 14.0. The van der Waals surface area contributed by atoms with Gasteiger partial charge in [0, 0.05) is 31.0 Å². The number of anilines is 6. The van der Waals surface area contributed by atoms with Crippen LogP contribution in [-0.4, -0.2) is 8.07 Å². The lowest BCUT2D eigenvalue weighted by molar-refractivity contribution is 0.838. The second-order valence-corrected chi connectivity index (χ2v) is 22.3. The predicted octanol–water partition coefficient (Wildman–Crippen LogP) is 15.0. The van der Waals surface area contributed by atoms with E-state index in [2.05, 4.69) is 181 Å². The van der Waals surface area contributed by atoms with Crippen LogP contribution in [0, 0.1) is 0 Å². The monoisotopic (exact) mass is 788 g/mol. The highest BCUT2D eigenvalue weighted by molar-refractivity contribution is 8.00. The van der Waals surface area contributed by atoms with Crippen molar-refractivity contribution in [2.45, 2.75) is 71.2 Å². The van der Waals surface area contributed by atoms with Crippen molar-refractivity contribution in [2.24, 2.45) is 0 Å². The summed E-state index contributed by atoms with van der Waals surface area (Å²) in [6, 6.07) is 62.7. The van der Waals surface area contributed by atoms with E-state index in [1.165, 1.54) is 124 Å². The van der Waals surface area contributed by atoms with Crippen LogP contribution in [0.3, 0.4) is 0 Å². The van der Waals surface area contributed by atoms with Crippen LogP contribution in [-0.2, 0) is 0 Å². The molecule has 278 valence electrons. The van der Waals surface area contributed by atoms with Crippen molar-refractivity contribution in [2.75, 3.05) is 9.80 Å². The van der Waals surface area contributed by atoms with Crippen LogP contribution in [0.15, 0.2) is 177 Å². The van der Waals surface area contributed by atoms with E-state index in [0.29, 0.717) is 0 Å². The lowest BCUT2D eigenvalue weighted by Crippen LogP contribution is -2.55. The molecule has 0 saturated carbocycles.